The summed E-state index contributed by atoms with van der Waals surface area (Å²) in [4.78, 5) is 12.5. The largest absolute Gasteiger partial charge is 0.493 e. The number of hydrogen-bond donors (Lipinski definition) is 1. The maximum absolute atomic E-state index is 12.5. The van der Waals surface area contributed by atoms with Gasteiger partial charge < -0.3 is 13.9 Å². The second kappa shape index (κ2) is 8.92. The molecule has 1 heterocycles. The van der Waals surface area contributed by atoms with Gasteiger partial charge in [0.2, 0.25) is 0 Å². The van der Waals surface area contributed by atoms with Crippen molar-refractivity contribution in [2.24, 2.45) is 11.0 Å². The van der Waals surface area contributed by atoms with E-state index in [4.69, 9.17) is 13.9 Å². The van der Waals surface area contributed by atoms with Crippen LogP contribution in [0.4, 0.5) is 0 Å². The number of benzene rings is 3. The lowest BCUT2D eigenvalue weighted by atomic mass is 10.1. The van der Waals surface area contributed by atoms with Gasteiger partial charge in [0.15, 0.2) is 17.3 Å². The van der Waals surface area contributed by atoms with Crippen LogP contribution in [0.1, 0.15) is 30.0 Å². The van der Waals surface area contributed by atoms with Crippen molar-refractivity contribution in [3.05, 3.63) is 72.0 Å². The van der Waals surface area contributed by atoms with Crippen molar-refractivity contribution in [3.63, 3.8) is 0 Å². The first kappa shape index (κ1) is 20.5. The summed E-state index contributed by atoms with van der Waals surface area (Å²) in [5.74, 6) is 1.49. The van der Waals surface area contributed by atoms with Crippen molar-refractivity contribution in [2.75, 3.05) is 13.7 Å². The van der Waals surface area contributed by atoms with Crippen LogP contribution >= 0.6 is 0 Å². The van der Waals surface area contributed by atoms with Gasteiger partial charge in [-0.15, -0.1) is 0 Å². The van der Waals surface area contributed by atoms with Crippen LogP contribution in [-0.2, 0) is 0 Å². The van der Waals surface area contributed by atoms with Gasteiger partial charge in [-0.25, -0.2) is 5.43 Å². The van der Waals surface area contributed by atoms with E-state index in [1.807, 2.05) is 48.5 Å². The molecule has 158 valence electrons. The first-order chi connectivity index (χ1) is 15.0. The van der Waals surface area contributed by atoms with Gasteiger partial charge in [-0.3, -0.25) is 4.79 Å². The smallest absolute Gasteiger partial charge is 0.307 e. The Morgan fingerprint density at radius 1 is 1.06 bits per heavy atom. The quantitative estimate of drug-likeness (QED) is 0.324. The van der Waals surface area contributed by atoms with Gasteiger partial charge in [-0.05, 0) is 52.6 Å². The lowest BCUT2D eigenvalue weighted by molar-refractivity contribution is 0.0929. The summed E-state index contributed by atoms with van der Waals surface area (Å²) in [7, 11) is 1.59. The summed E-state index contributed by atoms with van der Waals surface area (Å²) in [5.41, 5.74) is 3.94. The molecule has 0 atom stereocenters. The van der Waals surface area contributed by atoms with E-state index < -0.39 is 5.91 Å². The Morgan fingerprint density at radius 2 is 1.90 bits per heavy atom. The van der Waals surface area contributed by atoms with Crippen molar-refractivity contribution in [1.29, 1.82) is 0 Å². The van der Waals surface area contributed by atoms with Gasteiger partial charge >= 0.3 is 5.91 Å². The highest BCUT2D eigenvalue weighted by molar-refractivity contribution is 6.08. The van der Waals surface area contributed by atoms with E-state index in [1.54, 1.807) is 25.5 Å². The summed E-state index contributed by atoms with van der Waals surface area (Å²) >= 11 is 0. The summed E-state index contributed by atoms with van der Waals surface area (Å²) < 4.78 is 16.9. The molecule has 0 fully saturated rings. The zero-order chi connectivity index (χ0) is 21.8. The minimum absolute atomic E-state index is 0.207. The number of furan rings is 1. The van der Waals surface area contributed by atoms with E-state index in [2.05, 4.69) is 24.4 Å². The molecule has 0 bridgehead atoms. The monoisotopic (exact) mass is 416 g/mol. The van der Waals surface area contributed by atoms with Crippen molar-refractivity contribution < 1.29 is 18.7 Å². The van der Waals surface area contributed by atoms with Crippen molar-refractivity contribution >= 4 is 33.9 Å². The molecule has 0 unspecified atom stereocenters. The van der Waals surface area contributed by atoms with E-state index >= 15 is 0 Å². The number of hydrogen-bond acceptors (Lipinski definition) is 5. The fourth-order valence-corrected chi connectivity index (χ4v) is 3.27. The first-order valence-corrected chi connectivity index (χ1v) is 10.1. The summed E-state index contributed by atoms with van der Waals surface area (Å²) in [6.45, 7) is 4.77. The van der Waals surface area contributed by atoms with Crippen LogP contribution in [0.5, 0.6) is 11.5 Å². The molecular formula is C25H24N2O4. The van der Waals surface area contributed by atoms with E-state index in [9.17, 15) is 4.79 Å². The van der Waals surface area contributed by atoms with E-state index in [1.165, 1.54) is 0 Å². The molecule has 1 aromatic heterocycles. The molecule has 0 aliphatic heterocycles. The number of methoxy groups -OCH3 is 1. The highest BCUT2D eigenvalue weighted by Crippen LogP contribution is 2.29. The predicted octanol–water partition coefficient (Wildman–Crippen LogP) is 5.39. The Hall–Kier alpha value is -3.80. The number of nitrogens with one attached hydrogen (secondary N) is 1. The Balaban J connectivity index is 1.47. The Kier molecular flexibility index (Phi) is 5.89. The number of hydrazone groups is 1. The Morgan fingerprint density at radius 3 is 2.71 bits per heavy atom. The Bertz CT molecular complexity index is 1260. The fourth-order valence-electron chi connectivity index (χ4n) is 3.27. The summed E-state index contributed by atoms with van der Waals surface area (Å²) in [6, 6.07) is 19.0. The molecular weight excluding hydrogens is 392 g/mol. The molecule has 4 rings (SSSR count). The minimum atomic E-state index is -0.416. The summed E-state index contributed by atoms with van der Waals surface area (Å²) in [6.07, 6.45) is 1.55. The maximum atomic E-state index is 12.5. The molecule has 4 aromatic rings. The number of fused-ring (bicyclic) bond motifs is 3. The van der Waals surface area contributed by atoms with Gasteiger partial charge in [0.1, 0.15) is 5.58 Å². The standard InChI is InChI=1S/C25H24N2O4/c1-16(2)15-30-22-10-8-17(12-23(22)29-3)14-26-27-25(28)24-13-20-19-7-5-4-6-18(19)9-11-21(20)31-24/h4-14,16H,15H2,1-3H3,(H,27,28)/b26-14-. The van der Waals surface area contributed by atoms with Crippen LogP contribution in [-0.4, -0.2) is 25.8 Å². The lowest BCUT2D eigenvalue weighted by Crippen LogP contribution is -2.16. The zero-order valence-electron chi connectivity index (χ0n) is 17.7. The third-order valence-corrected chi connectivity index (χ3v) is 4.79. The van der Waals surface area contributed by atoms with Gasteiger partial charge in [0.05, 0.1) is 19.9 Å². The SMILES string of the molecule is COc1cc(/C=N\NC(=O)c2cc3c(ccc4ccccc43)o2)ccc1OCC(C)C. The van der Waals surface area contributed by atoms with Crippen LogP contribution in [0.15, 0.2) is 70.2 Å². The van der Waals surface area contributed by atoms with Crippen molar-refractivity contribution in [1.82, 2.24) is 5.43 Å². The third kappa shape index (κ3) is 4.53. The molecule has 1 N–H and O–H groups in total. The van der Waals surface area contributed by atoms with Crippen LogP contribution < -0.4 is 14.9 Å². The van der Waals surface area contributed by atoms with Gasteiger partial charge in [0.25, 0.3) is 0 Å². The molecule has 0 aliphatic rings. The van der Waals surface area contributed by atoms with Crippen LogP contribution in [0.2, 0.25) is 0 Å². The van der Waals surface area contributed by atoms with E-state index in [0.717, 1.165) is 21.7 Å². The van der Waals surface area contributed by atoms with E-state index in [0.29, 0.717) is 29.6 Å². The third-order valence-electron chi connectivity index (χ3n) is 4.79. The van der Waals surface area contributed by atoms with E-state index in [-0.39, 0.29) is 5.76 Å². The molecule has 3 aromatic carbocycles. The average Bonchev–Trinajstić information content (AvgIpc) is 3.23. The first-order valence-electron chi connectivity index (χ1n) is 10.1. The normalized spacial score (nSPS) is 11.5. The molecule has 0 spiro atoms. The highest BCUT2D eigenvalue weighted by atomic mass is 16.5. The number of carbonyl (C=O) groups excluding carboxylic acids is 1. The predicted molar refractivity (Wildman–Crippen MR) is 122 cm³/mol. The molecule has 0 radical (unpaired) electrons. The lowest BCUT2D eigenvalue weighted by Gasteiger charge is -2.12. The summed E-state index contributed by atoms with van der Waals surface area (Å²) in [5, 5.41) is 7.08. The van der Waals surface area contributed by atoms with Crippen LogP contribution in [0.25, 0.3) is 21.7 Å². The van der Waals surface area contributed by atoms with Gasteiger partial charge in [0, 0.05) is 5.39 Å². The number of carbonyl (C=O) groups is 1. The molecule has 0 saturated heterocycles. The second-order valence-corrected chi connectivity index (χ2v) is 7.62. The number of rotatable bonds is 7. The van der Waals surface area contributed by atoms with Gasteiger partial charge in [-0.2, -0.15) is 5.10 Å². The topological polar surface area (TPSA) is 73.1 Å². The second-order valence-electron chi connectivity index (χ2n) is 7.62. The highest BCUT2D eigenvalue weighted by Gasteiger charge is 2.13. The van der Waals surface area contributed by atoms with Crippen molar-refractivity contribution in [3.8, 4) is 11.5 Å². The number of nitrogens with zero attached hydrogens (tertiary/aromatic N) is 1. The van der Waals surface area contributed by atoms with Crippen LogP contribution in [0, 0.1) is 5.92 Å². The molecule has 6 heteroatoms. The fraction of sp³-hybridized carbons (Fsp3) is 0.200. The molecule has 0 aliphatic carbocycles. The molecule has 1 amide bonds. The van der Waals surface area contributed by atoms with Gasteiger partial charge in [-0.1, -0.05) is 44.2 Å². The maximum Gasteiger partial charge on any atom is 0.307 e. The number of amides is 1. The molecule has 6 nitrogen and oxygen atoms in total. The zero-order valence-corrected chi connectivity index (χ0v) is 17.7. The Labute approximate surface area is 180 Å². The molecule has 0 saturated carbocycles. The van der Waals surface area contributed by atoms with Crippen LogP contribution in [0.3, 0.4) is 0 Å². The minimum Gasteiger partial charge on any atom is -0.493 e. The van der Waals surface area contributed by atoms with Crippen molar-refractivity contribution in [2.45, 2.75) is 13.8 Å². The average molecular weight is 416 g/mol. The number of ether oxygens (including phenoxy) is 2. The molecule has 31 heavy (non-hydrogen) atoms.